The van der Waals surface area contributed by atoms with Gasteiger partial charge in [-0.3, -0.25) is 0 Å². The summed E-state index contributed by atoms with van der Waals surface area (Å²) in [6, 6.07) is 9.34. The molecule has 0 radical (unpaired) electrons. The maximum absolute atomic E-state index is 10.5. The molecule has 0 fully saturated rings. The number of thiophene rings is 1. The number of benzene rings is 1. The average Bonchev–Trinajstić information content (AvgIpc) is 2.87. The monoisotopic (exact) mass is 345 g/mol. The van der Waals surface area contributed by atoms with E-state index in [0.29, 0.717) is 11.6 Å². The van der Waals surface area contributed by atoms with E-state index >= 15 is 0 Å². The summed E-state index contributed by atoms with van der Waals surface area (Å²) in [6.07, 6.45) is -0.665. The highest BCUT2D eigenvalue weighted by Gasteiger charge is 2.24. The molecule has 2 nitrogen and oxygen atoms in total. The highest BCUT2D eigenvalue weighted by atomic mass is 79.9. The molecular formula is C13H13BrClNOS. The molecule has 0 amide bonds. The molecule has 3 N–H and O–H groups in total. The van der Waals surface area contributed by atoms with Crippen molar-refractivity contribution in [1.29, 1.82) is 0 Å². The first-order chi connectivity index (χ1) is 8.63. The number of hydrogen-bond donors (Lipinski definition) is 2. The van der Waals surface area contributed by atoms with Crippen molar-refractivity contribution in [2.24, 2.45) is 5.73 Å². The van der Waals surface area contributed by atoms with Crippen molar-refractivity contribution in [3.05, 3.63) is 55.6 Å². The molecular weight excluding hydrogens is 334 g/mol. The van der Waals surface area contributed by atoms with Crippen LogP contribution in [0.15, 0.2) is 40.2 Å². The van der Waals surface area contributed by atoms with E-state index in [4.69, 9.17) is 17.3 Å². The SMILES string of the molecule is NCC(c1cccs1)C(O)c1cc(Cl)ccc1Br. The Hall–Kier alpha value is -0.390. The summed E-state index contributed by atoms with van der Waals surface area (Å²) in [6.45, 7) is 0.390. The van der Waals surface area contributed by atoms with Crippen LogP contribution in [0.2, 0.25) is 5.02 Å². The molecule has 2 atom stereocenters. The minimum absolute atomic E-state index is 0.111. The Morgan fingerprint density at radius 1 is 1.39 bits per heavy atom. The van der Waals surface area contributed by atoms with Crippen molar-refractivity contribution in [1.82, 2.24) is 0 Å². The standard InChI is InChI=1S/C13H13BrClNOS/c14-11-4-3-8(15)6-9(11)13(17)10(7-16)12-2-1-5-18-12/h1-6,10,13,17H,7,16H2. The molecule has 96 valence electrons. The lowest BCUT2D eigenvalue weighted by atomic mass is 9.94. The fraction of sp³-hybridized carbons (Fsp3) is 0.231. The van der Waals surface area contributed by atoms with Gasteiger partial charge in [-0.1, -0.05) is 33.6 Å². The number of aliphatic hydroxyl groups is 1. The molecule has 1 aromatic carbocycles. The summed E-state index contributed by atoms with van der Waals surface area (Å²) in [7, 11) is 0. The second-order valence-electron chi connectivity index (χ2n) is 3.97. The molecule has 0 aliphatic heterocycles. The van der Waals surface area contributed by atoms with Crippen molar-refractivity contribution in [3.8, 4) is 0 Å². The molecule has 0 saturated heterocycles. The highest BCUT2D eigenvalue weighted by Crippen LogP contribution is 2.36. The van der Waals surface area contributed by atoms with Crippen LogP contribution in [0.4, 0.5) is 0 Å². The molecule has 0 aliphatic rings. The molecule has 2 aromatic rings. The zero-order chi connectivity index (χ0) is 13.1. The number of halogens is 2. The van der Waals surface area contributed by atoms with Gasteiger partial charge in [0.15, 0.2) is 0 Å². The smallest absolute Gasteiger partial charge is 0.0890 e. The summed E-state index contributed by atoms with van der Waals surface area (Å²) >= 11 is 11.0. The molecule has 1 aromatic heterocycles. The van der Waals surface area contributed by atoms with Crippen molar-refractivity contribution >= 4 is 38.9 Å². The maximum atomic E-state index is 10.5. The zero-order valence-electron chi connectivity index (χ0n) is 9.51. The second-order valence-corrected chi connectivity index (χ2v) is 6.24. The van der Waals surface area contributed by atoms with E-state index < -0.39 is 6.10 Å². The Morgan fingerprint density at radius 3 is 2.78 bits per heavy atom. The van der Waals surface area contributed by atoms with Crippen molar-refractivity contribution in [2.45, 2.75) is 12.0 Å². The van der Waals surface area contributed by atoms with E-state index in [1.807, 2.05) is 23.6 Å². The van der Waals surface area contributed by atoms with E-state index in [9.17, 15) is 5.11 Å². The highest BCUT2D eigenvalue weighted by molar-refractivity contribution is 9.10. The van der Waals surface area contributed by atoms with E-state index in [2.05, 4.69) is 15.9 Å². The van der Waals surface area contributed by atoms with Crippen molar-refractivity contribution in [2.75, 3.05) is 6.54 Å². The normalized spacial score (nSPS) is 14.4. The maximum Gasteiger partial charge on any atom is 0.0890 e. The van der Waals surface area contributed by atoms with Crippen LogP contribution in [-0.2, 0) is 0 Å². The van der Waals surface area contributed by atoms with Crippen LogP contribution in [0, 0.1) is 0 Å². The largest absolute Gasteiger partial charge is 0.388 e. The van der Waals surface area contributed by atoms with Gasteiger partial charge < -0.3 is 10.8 Å². The minimum atomic E-state index is -0.665. The van der Waals surface area contributed by atoms with Crippen molar-refractivity contribution in [3.63, 3.8) is 0 Å². The molecule has 5 heteroatoms. The molecule has 2 rings (SSSR count). The van der Waals surface area contributed by atoms with Crippen LogP contribution < -0.4 is 5.73 Å². The molecule has 0 aliphatic carbocycles. The average molecular weight is 347 g/mol. The quantitative estimate of drug-likeness (QED) is 0.881. The van der Waals surface area contributed by atoms with Gasteiger partial charge in [0.05, 0.1) is 6.10 Å². The van der Waals surface area contributed by atoms with Gasteiger partial charge in [0.25, 0.3) is 0 Å². The van der Waals surface area contributed by atoms with Gasteiger partial charge in [0.1, 0.15) is 0 Å². The molecule has 2 unspecified atom stereocenters. The summed E-state index contributed by atoms with van der Waals surface area (Å²) < 4.78 is 0.842. The topological polar surface area (TPSA) is 46.2 Å². The molecule has 0 spiro atoms. The zero-order valence-corrected chi connectivity index (χ0v) is 12.7. The molecule has 18 heavy (non-hydrogen) atoms. The Labute approximate surface area is 124 Å². The summed E-state index contributed by atoms with van der Waals surface area (Å²) in [4.78, 5) is 1.08. The van der Waals surface area contributed by atoms with Gasteiger partial charge in [0.2, 0.25) is 0 Å². The van der Waals surface area contributed by atoms with Crippen LogP contribution >= 0.6 is 38.9 Å². The van der Waals surface area contributed by atoms with Gasteiger partial charge in [-0.05, 0) is 35.2 Å². The van der Waals surface area contributed by atoms with Gasteiger partial charge in [0, 0.05) is 26.8 Å². The fourth-order valence-electron chi connectivity index (χ4n) is 1.86. The first kappa shape index (κ1) is 14.0. The first-order valence-electron chi connectivity index (χ1n) is 5.50. The second kappa shape index (κ2) is 6.17. The van der Waals surface area contributed by atoms with Crippen LogP contribution in [0.25, 0.3) is 0 Å². The summed E-state index contributed by atoms with van der Waals surface area (Å²) in [5, 5.41) is 13.1. The van der Waals surface area contributed by atoms with E-state index in [1.54, 1.807) is 23.5 Å². The van der Waals surface area contributed by atoms with E-state index in [0.717, 1.165) is 14.9 Å². The van der Waals surface area contributed by atoms with Gasteiger partial charge in [-0.2, -0.15) is 0 Å². The lowest BCUT2D eigenvalue weighted by molar-refractivity contribution is 0.148. The summed E-state index contributed by atoms with van der Waals surface area (Å²) in [5.41, 5.74) is 6.56. The third kappa shape index (κ3) is 2.95. The van der Waals surface area contributed by atoms with Crippen LogP contribution in [-0.4, -0.2) is 11.7 Å². The third-order valence-corrected chi connectivity index (χ3v) is 4.78. The molecule has 1 heterocycles. The lowest BCUT2D eigenvalue weighted by Gasteiger charge is -2.22. The van der Waals surface area contributed by atoms with Crippen LogP contribution in [0.3, 0.4) is 0 Å². The van der Waals surface area contributed by atoms with E-state index in [1.165, 1.54) is 0 Å². The Balaban J connectivity index is 2.34. The Morgan fingerprint density at radius 2 is 2.17 bits per heavy atom. The van der Waals surface area contributed by atoms with Crippen molar-refractivity contribution < 1.29 is 5.11 Å². The third-order valence-electron chi connectivity index (χ3n) is 2.82. The number of nitrogens with two attached hydrogens (primary N) is 1. The number of rotatable bonds is 4. The molecule has 0 bridgehead atoms. The number of hydrogen-bond acceptors (Lipinski definition) is 3. The van der Waals surface area contributed by atoms with Gasteiger partial charge in [-0.15, -0.1) is 11.3 Å². The van der Waals surface area contributed by atoms with Crippen LogP contribution in [0.1, 0.15) is 22.5 Å². The van der Waals surface area contributed by atoms with Gasteiger partial charge in [-0.25, -0.2) is 0 Å². The predicted octanol–water partition coefficient (Wildman–Crippen LogP) is 3.94. The summed E-state index contributed by atoms with van der Waals surface area (Å²) in [5.74, 6) is -0.111. The van der Waals surface area contributed by atoms with E-state index in [-0.39, 0.29) is 5.92 Å². The Bertz CT molecular complexity index is 518. The van der Waals surface area contributed by atoms with Gasteiger partial charge >= 0.3 is 0 Å². The predicted molar refractivity (Wildman–Crippen MR) is 80.2 cm³/mol. The minimum Gasteiger partial charge on any atom is -0.388 e. The van der Waals surface area contributed by atoms with Crippen LogP contribution in [0.5, 0.6) is 0 Å². The molecule has 0 saturated carbocycles. The Kier molecular flexibility index (Phi) is 4.81. The fourth-order valence-corrected chi connectivity index (χ4v) is 3.39. The first-order valence-corrected chi connectivity index (χ1v) is 7.55. The number of aliphatic hydroxyl groups excluding tert-OH is 1. The lowest BCUT2D eigenvalue weighted by Crippen LogP contribution is -2.19.